The van der Waals surface area contributed by atoms with E-state index in [-0.39, 0.29) is 17.8 Å². The minimum Gasteiger partial charge on any atom is -0.424 e. The Labute approximate surface area is 125 Å². The van der Waals surface area contributed by atoms with E-state index in [0.29, 0.717) is 21.8 Å². The molecule has 0 atom stereocenters. The lowest BCUT2D eigenvalue weighted by Crippen LogP contribution is -2.30. The minimum atomic E-state index is -0.545. The Balaban J connectivity index is 2.20. The molecule has 3 rings (SSSR count). The van der Waals surface area contributed by atoms with E-state index in [4.69, 9.17) is 0 Å². The average Bonchev–Trinajstić information content (AvgIpc) is 3.01. The fourth-order valence-electron chi connectivity index (χ4n) is 2.14. The number of hydrogen-bond acceptors (Lipinski definition) is 7. The standard InChI is InChI=1S/C13H16N6O3/c1-7-9(17-22-16-7)6-18-10-8(5-14-18)11(20)19(21)12(15-10)13(2,3)4/h5,21H,6H2,1-4H3. The van der Waals surface area contributed by atoms with E-state index in [1.165, 1.54) is 6.20 Å². The molecule has 0 bridgehead atoms. The van der Waals surface area contributed by atoms with Crippen molar-refractivity contribution >= 4 is 11.0 Å². The van der Waals surface area contributed by atoms with Crippen molar-refractivity contribution in [2.75, 3.05) is 0 Å². The molecule has 0 aliphatic carbocycles. The summed E-state index contributed by atoms with van der Waals surface area (Å²) in [6.45, 7) is 7.63. The summed E-state index contributed by atoms with van der Waals surface area (Å²) in [4.78, 5) is 16.7. The van der Waals surface area contributed by atoms with Crippen molar-refractivity contribution in [2.45, 2.75) is 39.7 Å². The van der Waals surface area contributed by atoms with Crippen LogP contribution in [0.1, 0.15) is 38.0 Å². The highest BCUT2D eigenvalue weighted by molar-refractivity contribution is 5.73. The molecule has 0 saturated carbocycles. The Bertz CT molecular complexity index is 899. The van der Waals surface area contributed by atoms with Gasteiger partial charge in [0.1, 0.15) is 16.8 Å². The van der Waals surface area contributed by atoms with Gasteiger partial charge < -0.3 is 5.21 Å². The lowest BCUT2D eigenvalue weighted by molar-refractivity contribution is 0.150. The largest absolute Gasteiger partial charge is 0.424 e. The van der Waals surface area contributed by atoms with Crippen LogP contribution in [0.2, 0.25) is 0 Å². The third-order valence-corrected chi connectivity index (χ3v) is 3.36. The predicted molar refractivity (Wildman–Crippen MR) is 75.8 cm³/mol. The van der Waals surface area contributed by atoms with E-state index in [1.807, 2.05) is 20.8 Å². The minimum absolute atomic E-state index is 0.240. The zero-order valence-electron chi connectivity index (χ0n) is 12.7. The van der Waals surface area contributed by atoms with Gasteiger partial charge in [-0.05, 0) is 6.92 Å². The second-order valence-corrected chi connectivity index (χ2v) is 6.14. The molecule has 0 fully saturated rings. The van der Waals surface area contributed by atoms with Gasteiger partial charge in [0, 0.05) is 5.41 Å². The van der Waals surface area contributed by atoms with Crippen LogP contribution in [0.5, 0.6) is 0 Å². The zero-order chi connectivity index (χ0) is 16.1. The SMILES string of the molecule is Cc1nonc1Cn1ncc2c(=O)n(O)c(C(C)(C)C)nc21. The molecule has 3 aromatic heterocycles. The second kappa shape index (κ2) is 4.65. The molecule has 3 heterocycles. The summed E-state index contributed by atoms with van der Waals surface area (Å²) in [5.74, 6) is 0.266. The van der Waals surface area contributed by atoms with Crippen molar-refractivity contribution in [3.05, 3.63) is 33.8 Å². The first-order valence-electron chi connectivity index (χ1n) is 6.75. The van der Waals surface area contributed by atoms with E-state index >= 15 is 0 Å². The average molecular weight is 304 g/mol. The van der Waals surface area contributed by atoms with Crippen molar-refractivity contribution < 1.29 is 9.84 Å². The summed E-state index contributed by atoms with van der Waals surface area (Å²) in [6, 6.07) is 0. The fraction of sp³-hybridized carbons (Fsp3) is 0.462. The van der Waals surface area contributed by atoms with E-state index in [2.05, 4.69) is 25.0 Å². The molecule has 0 radical (unpaired) electrons. The van der Waals surface area contributed by atoms with Gasteiger partial charge in [0.25, 0.3) is 5.56 Å². The third-order valence-electron chi connectivity index (χ3n) is 3.36. The Kier molecular flexibility index (Phi) is 3.01. The van der Waals surface area contributed by atoms with Crippen molar-refractivity contribution in [1.29, 1.82) is 0 Å². The lowest BCUT2D eigenvalue weighted by atomic mass is 9.95. The zero-order valence-corrected chi connectivity index (χ0v) is 12.7. The number of aromatic nitrogens is 6. The van der Waals surface area contributed by atoms with Gasteiger partial charge in [0.15, 0.2) is 11.5 Å². The molecular formula is C13H16N6O3. The van der Waals surface area contributed by atoms with Crippen molar-refractivity contribution in [3.8, 4) is 0 Å². The molecule has 0 aliphatic heterocycles. The van der Waals surface area contributed by atoms with E-state index in [9.17, 15) is 10.0 Å². The van der Waals surface area contributed by atoms with Crippen LogP contribution in [0.25, 0.3) is 11.0 Å². The Morgan fingerprint density at radius 3 is 2.64 bits per heavy atom. The second-order valence-electron chi connectivity index (χ2n) is 6.14. The normalized spacial score (nSPS) is 12.2. The molecule has 0 spiro atoms. The molecule has 0 aliphatic rings. The Hall–Kier alpha value is -2.71. The van der Waals surface area contributed by atoms with Crippen LogP contribution in [-0.4, -0.2) is 35.0 Å². The number of rotatable bonds is 2. The molecule has 0 unspecified atom stereocenters. The Morgan fingerprint density at radius 2 is 2.05 bits per heavy atom. The summed E-state index contributed by atoms with van der Waals surface area (Å²) in [6.07, 6.45) is 1.38. The van der Waals surface area contributed by atoms with Crippen molar-refractivity contribution in [1.82, 2.24) is 29.8 Å². The van der Waals surface area contributed by atoms with Gasteiger partial charge >= 0.3 is 0 Å². The molecule has 0 amide bonds. The maximum absolute atomic E-state index is 12.3. The molecule has 116 valence electrons. The van der Waals surface area contributed by atoms with Crippen LogP contribution in [0.3, 0.4) is 0 Å². The maximum Gasteiger partial charge on any atom is 0.297 e. The third kappa shape index (κ3) is 2.14. The summed E-state index contributed by atoms with van der Waals surface area (Å²) in [5.41, 5.74) is 0.606. The topological polar surface area (TPSA) is 112 Å². The number of nitrogens with zero attached hydrogens (tertiary/aromatic N) is 6. The van der Waals surface area contributed by atoms with Gasteiger partial charge in [0.05, 0.1) is 12.7 Å². The van der Waals surface area contributed by atoms with Crippen LogP contribution in [0.4, 0.5) is 0 Å². The highest BCUT2D eigenvalue weighted by Gasteiger charge is 2.24. The smallest absolute Gasteiger partial charge is 0.297 e. The number of aryl methyl sites for hydroxylation is 1. The van der Waals surface area contributed by atoms with Gasteiger partial charge in [0.2, 0.25) is 0 Å². The van der Waals surface area contributed by atoms with Gasteiger partial charge in [-0.15, -0.1) is 4.73 Å². The molecule has 22 heavy (non-hydrogen) atoms. The first kappa shape index (κ1) is 14.2. The van der Waals surface area contributed by atoms with E-state index in [1.54, 1.807) is 11.6 Å². The van der Waals surface area contributed by atoms with Gasteiger partial charge in [-0.25, -0.2) is 14.3 Å². The van der Waals surface area contributed by atoms with Gasteiger partial charge in [-0.1, -0.05) is 31.1 Å². The lowest BCUT2D eigenvalue weighted by Gasteiger charge is -2.19. The van der Waals surface area contributed by atoms with Gasteiger partial charge in [-0.3, -0.25) is 4.79 Å². The number of hydrogen-bond donors (Lipinski definition) is 1. The van der Waals surface area contributed by atoms with Gasteiger partial charge in [-0.2, -0.15) is 5.10 Å². The van der Waals surface area contributed by atoms with Crippen LogP contribution in [-0.2, 0) is 12.0 Å². The monoisotopic (exact) mass is 304 g/mol. The molecule has 3 aromatic rings. The molecule has 9 nitrogen and oxygen atoms in total. The van der Waals surface area contributed by atoms with E-state index < -0.39 is 11.0 Å². The molecule has 0 saturated heterocycles. The summed E-state index contributed by atoms with van der Waals surface area (Å²) < 4.78 is 6.78. The summed E-state index contributed by atoms with van der Waals surface area (Å²) in [7, 11) is 0. The molecule has 9 heteroatoms. The molecule has 0 aromatic carbocycles. The van der Waals surface area contributed by atoms with Crippen LogP contribution >= 0.6 is 0 Å². The summed E-state index contributed by atoms with van der Waals surface area (Å²) in [5, 5.41) is 21.9. The molecule has 1 N–H and O–H groups in total. The maximum atomic E-state index is 12.3. The Morgan fingerprint density at radius 1 is 1.32 bits per heavy atom. The predicted octanol–water partition coefficient (Wildman–Crippen LogP) is 0.868. The summed E-state index contributed by atoms with van der Waals surface area (Å²) >= 11 is 0. The molecular weight excluding hydrogens is 288 g/mol. The van der Waals surface area contributed by atoms with Crippen LogP contribution in [0.15, 0.2) is 15.6 Å². The quantitative estimate of drug-likeness (QED) is 0.699. The fourth-order valence-corrected chi connectivity index (χ4v) is 2.14. The van der Waals surface area contributed by atoms with E-state index in [0.717, 1.165) is 0 Å². The first-order chi connectivity index (χ1) is 10.3. The van der Waals surface area contributed by atoms with Crippen LogP contribution < -0.4 is 5.56 Å². The highest BCUT2D eigenvalue weighted by Crippen LogP contribution is 2.20. The number of fused-ring (bicyclic) bond motifs is 1. The van der Waals surface area contributed by atoms with Crippen molar-refractivity contribution in [3.63, 3.8) is 0 Å². The van der Waals surface area contributed by atoms with Crippen molar-refractivity contribution in [2.24, 2.45) is 0 Å². The first-order valence-corrected chi connectivity index (χ1v) is 6.75. The van der Waals surface area contributed by atoms with Crippen LogP contribution in [0, 0.1) is 6.92 Å². The highest BCUT2D eigenvalue weighted by atomic mass is 16.6.